The van der Waals surface area contributed by atoms with E-state index < -0.39 is 0 Å². The minimum absolute atomic E-state index is 0.103. The highest BCUT2D eigenvalue weighted by Crippen LogP contribution is 2.27. The van der Waals surface area contributed by atoms with Crippen molar-refractivity contribution in [3.63, 3.8) is 0 Å². The number of carbonyl (C=O) groups is 1. The van der Waals surface area contributed by atoms with Crippen LogP contribution in [-0.4, -0.2) is 25.9 Å². The molecule has 0 bridgehead atoms. The first kappa shape index (κ1) is 20.1. The van der Waals surface area contributed by atoms with E-state index in [1.54, 1.807) is 12.1 Å². The van der Waals surface area contributed by atoms with Crippen molar-refractivity contribution in [1.82, 2.24) is 20.1 Å². The summed E-state index contributed by atoms with van der Waals surface area (Å²) in [5.74, 6) is 0.394. The smallest absolute Gasteiger partial charge is 0.233 e. The third kappa shape index (κ3) is 4.59. The van der Waals surface area contributed by atoms with Gasteiger partial charge in [0.2, 0.25) is 5.91 Å². The highest BCUT2D eigenvalue weighted by molar-refractivity contribution is 8.00. The first-order valence-electron chi connectivity index (χ1n) is 9.20. The van der Waals surface area contributed by atoms with E-state index in [1.165, 1.54) is 23.9 Å². The topological polar surface area (TPSA) is 59.8 Å². The maximum atomic E-state index is 13.1. The van der Waals surface area contributed by atoms with Crippen LogP contribution in [0.5, 0.6) is 0 Å². The maximum absolute atomic E-state index is 13.1. The Morgan fingerprint density at radius 3 is 2.43 bits per heavy atom. The zero-order valence-electron chi connectivity index (χ0n) is 16.1. The third-order valence-corrected chi connectivity index (χ3v) is 5.53. The number of nitrogens with one attached hydrogen (secondary N) is 1. The minimum atomic E-state index is -0.346. The third-order valence-electron chi connectivity index (χ3n) is 4.45. The second-order valence-electron chi connectivity index (χ2n) is 6.46. The second-order valence-corrected chi connectivity index (χ2v) is 7.77. The summed E-state index contributed by atoms with van der Waals surface area (Å²) in [5, 5.41) is 11.9. The highest BCUT2D eigenvalue weighted by Gasteiger charge is 2.21. The van der Waals surface area contributed by atoms with Crippen molar-refractivity contribution in [2.75, 3.05) is 0 Å². The summed E-state index contributed by atoms with van der Waals surface area (Å²) in [6, 6.07) is 15.8. The van der Waals surface area contributed by atoms with Crippen molar-refractivity contribution < 1.29 is 9.18 Å². The van der Waals surface area contributed by atoms with Gasteiger partial charge in [0.1, 0.15) is 5.82 Å². The van der Waals surface area contributed by atoms with Gasteiger partial charge < -0.3 is 9.88 Å². The van der Waals surface area contributed by atoms with Crippen molar-refractivity contribution in [3.8, 4) is 11.4 Å². The number of carbonyl (C=O) groups excluding carboxylic acids is 1. The van der Waals surface area contributed by atoms with Crippen molar-refractivity contribution in [3.05, 3.63) is 66.0 Å². The Bertz CT molecular complexity index is 927. The van der Waals surface area contributed by atoms with Gasteiger partial charge in [0.15, 0.2) is 11.0 Å². The monoisotopic (exact) mass is 398 g/mol. The fourth-order valence-corrected chi connectivity index (χ4v) is 3.76. The predicted octanol–water partition coefficient (Wildman–Crippen LogP) is 4.46. The summed E-state index contributed by atoms with van der Waals surface area (Å²) in [6.45, 7) is 6.46. The van der Waals surface area contributed by atoms with Gasteiger partial charge in [-0.1, -0.05) is 54.2 Å². The summed E-state index contributed by atoms with van der Waals surface area (Å²) in [4.78, 5) is 12.6. The molecule has 0 saturated carbocycles. The molecule has 0 aliphatic heterocycles. The van der Waals surface area contributed by atoms with Crippen molar-refractivity contribution >= 4 is 17.7 Å². The Morgan fingerprint density at radius 2 is 1.79 bits per heavy atom. The van der Waals surface area contributed by atoms with Gasteiger partial charge in [0, 0.05) is 12.1 Å². The molecule has 146 valence electrons. The molecule has 3 aromatic rings. The molecule has 1 heterocycles. The molecule has 2 atom stereocenters. The van der Waals surface area contributed by atoms with E-state index in [-0.39, 0.29) is 23.0 Å². The summed E-state index contributed by atoms with van der Waals surface area (Å²) in [7, 11) is 0. The molecule has 1 N–H and O–H groups in total. The maximum Gasteiger partial charge on any atom is 0.233 e. The summed E-state index contributed by atoms with van der Waals surface area (Å²) >= 11 is 1.38. The van der Waals surface area contributed by atoms with Crippen LogP contribution >= 0.6 is 11.8 Å². The average molecular weight is 399 g/mol. The molecule has 1 amide bonds. The van der Waals surface area contributed by atoms with Crippen LogP contribution in [0.15, 0.2) is 59.8 Å². The average Bonchev–Trinajstić information content (AvgIpc) is 3.11. The number of hydrogen-bond acceptors (Lipinski definition) is 4. The number of amides is 1. The minimum Gasteiger partial charge on any atom is -0.349 e. The largest absolute Gasteiger partial charge is 0.349 e. The molecule has 1 aromatic heterocycles. The second kappa shape index (κ2) is 9.01. The van der Waals surface area contributed by atoms with Crippen LogP contribution in [0.25, 0.3) is 11.4 Å². The van der Waals surface area contributed by atoms with E-state index in [0.29, 0.717) is 11.7 Å². The number of hydrogen-bond donors (Lipinski definition) is 1. The lowest BCUT2D eigenvalue weighted by atomic mass is 10.1. The van der Waals surface area contributed by atoms with Crippen LogP contribution in [0.1, 0.15) is 32.4 Å². The molecular weight excluding hydrogens is 375 g/mol. The molecule has 0 aliphatic rings. The van der Waals surface area contributed by atoms with Crippen LogP contribution in [-0.2, 0) is 11.3 Å². The number of halogens is 1. The molecule has 0 saturated heterocycles. The van der Waals surface area contributed by atoms with Crippen LogP contribution in [0.4, 0.5) is 4.39 Å². The molecule has 5 nitrogen and oxygen atoms in total. The normalized spacial score (nSPS) is 13.1. The van der Waals surface area contributed by atoms with Gasteiger partial charge in [0.05, 0.1) is 11.3 Å². The first-order chi connectivity index (χ1) is 13.5. The molecule has 0 spiro atoms. The van der Waals surface area contributed by atoms with Gasteiger partial charge in [-0.25, -0.2) is 4.39 Å². The Hall–Kier alpha value is -2.67. The Kier molecular flexibility index (Phi) is 6.46. The lowest BCUT2D eigenvalue weighted by Gasteiger charge is -2.18. The first-order valence-corrected chi connectivity index (χ1v) is 10.1. The van der Waals surface area contributed by atoms with Gasteiger partial charge in [-0.3, -0.25) is 4.79 Å². The Morgan fingerprint density at radius 1 is 1.11 bits per heavy atom. The highest BCUT2D eigenvalue weighted by atomic mass is 32.2. The molecule has 7 heteroatoms. The SMILES string of the molecule is CCn1c(S[C@H](C)C(=O)N[C@@H](C)c2ccc(F)cc2)nnc1-c1ccccc1. The number of benzene rings is 2. The zero-order valence-corrected chi connectivity index (χ0v) is 16.9. The lowest BCUT2D eigenvalue weighted by molar-refractivity contribution is -0.120. The van der Waals surface area contributed by atoms with E-state index in [4.69, 9.17) is 0 Å². The Labute approximate surface area is 168 Å². The van der Waals surface area contributed by atoms with Crippen LogP contribution in [0.3, 0.4) is 0 Å². The van der Waals surface area contributed by atoms with Gasteiger partial charge in [-0.15, -0.1) is 10.2 Å². The zero-order chi connectivity index (χ0) is 20.1. The van der Waals surface area contributed by atoms with Crippen LogP contribution in [0, 0.1) is 5.82 Å². The molecular formula is C21H23FN4OS. The van der Waals surface area contributed by atoms with E-state index >= 15 is 0 Å². The molecule has 28 heavy (non-hydrogen) atoms. The molecule has 0 radical (unpaired) electrons. The summed E-state index contributed by atoms with van der Waals surface area (Å²) in [5.41, 5.74) is 1.85. The van der Waals surface area contributed by atoms with E-state index in [1.807, 2.05) is 55.7 Å². The predicted molar refractivity (Wildman–Crippen MR) is 109 cm³/mol. The van der Waals surface area contributed by atoms with Crippen LogP contribution in [0.2, 0.25) is 0 Å². The molecule has 3 rings (SSSR count). The number of nitrogens with zero attached hydrogens (tertiary/aromatic N) is 3. The van der Waals surface area contributed by atoms with E-state index in [9.17, 15) is 9.18 Å². The van der Waals surface area contributed by atoms with Gasteiger partial charge in [-0.2, -0.15) is 0 Å². The van der Waals surface area contributed by atoms with E-state index in [2.05, 4.69) is 15.5 Å². The van der Waals surface area contributed by atoms with Gasteiger partial charge >= 0.3 is 0 Å². The molecule has 0 unspecified atom stereocenters. The Balaban J connectivity index is 1.68. The van der Waals surface area contributed by atoms with Gasteiger partial charge in [-0.05, 0) is 38.5 Å². The molecule has 2 aromatic carbocycles. The standard InChI is InChI=1S/C21H23FN4OS/c1-4-26-19(17-8-6-5-7-9-17)24-25-21(26)28-15(3)20(27)23-14(2)16-10-12-18(22)13-11-16/h5-15H,4H2,1-3H3,(H,23,27)/t14-,15+/m0/s1. The number of thioether (sulfide) groups is 1. The van der Waals surface area contributed by atoms with Crippen LogP contribution < -0.4 is 5.32 Å². The van der Waals surface area contributed by atoms with Gasteiger partial charge in [0.25, 0.3) is 0 Å². The number of rotatable bonds is 7. The molecule has 0 fully saturated rings. The van der Waals surface area contributed by atoms with Crippen molar-refractivity contribution in [2.24, 2.45) is 0 Å². The van der Waals surface area contributed by atoms with E-state index in [0.717, 1.165) is 17.0 Å². The molecule has 0 aliphatic carbocycles. The van der Waals surface area contributed by atoms with Crippen molar-refractivity contribution in [2.45, 2.75) is 43.8 Å². The quantitative estimate of drug-likeness (QED) is 0.597. The fourth-order valence-electron chi connectivity index (χ4n) is 2.84. The lowest BCUT2D eigenvalue weighted by Crippen LogP contribution is -2.33. The summed E-state index contributed by atoms with van der Waals surface area (Å²) in [6.07, 6.45) is 0. The fraction of sp³-hybridized carbons (Fsp3) is 0.286. The van der Waals surface area contributed by atoms with Crippen molar-refractivity contribution in [1.29, 1.82) is 0 Å². The number of aromatic nitrogens is 3. The summed E-state index contributed by atoms with van der Waals surface area (Å²) < 4.78 is 15.1.